The summed E-state index contributed by atoms with van der Waals surface area (Å²) in [7, 11) is 1.36. The van der Waals surface area contributed by atoms with E-state index in [0.717, 1.165) is 6.07 Å². The van der Waals surface area contributed by atoms with E-state index >= 15 is 0 Å². The second-order valence-corrected chi connectivity index (χ2v) is 4.93. The first-order valence-electron chi connectivity index (χ1n) is 6.77. The van der Waals surface area contributed by atoms with Crippen LogP contribution in [0.4, 0.5) is 4.39 Å². The molecule has 0 saturated carbocycles. The van der Waals surface area contributed by atoms with Gasteiger partial charge in [0.05, 0.1) is 7.11 Å². The molecule has 0 radical (unpaired) electrons. The smallest absolute Gasteiger partial charge is 0.303 e. The molecule has 0 aliphatic heterocycles. The lowest BCUT2D eigenvalue weighted by Crippen LogP contribution is -2.25. The second kappa shape index (κ2) is 8.24. The van der Waals surface area contributed by atoms with E-state index in [-0.39, 0.29) is 29.6 Å². The summed E-state index contributed by atoms with van der Waals surface area (Å²) in [5, 5.41) is 11.3. The molecule has 0 fully saturated rings. The van der Waals surface area contributed by atoms with Crippen molar-refractivity contribution in [2.45, 2.75) is 26.2 Å². The molecule has 1 unspecified atom stereocenters. The minimum Gasteiger partial charge on any atom is -0.494 e. The summed E-state index contributed by atoms with van der Waals surface area (Å²) in [5.74, 6) is -1.47. The molecule has 1 rings (SSSR count). The van der Waals surface area contributed by atoms with Gasteiger partial charge in [-0.2, -0.15) is 0 Å². The van der Waals surface area contributed by atoms with Gasteiger partial charge in [0.25, 0.3) is 5.91 Å². The Bertz CT molecular complexity index is 504. The summed E-state index contributed by atoms with van der Waals surface area (Å²) in [6, 6.07) is 4.02. The highest BCUT2D eigenvalue weighted by atomic mass is 19.1. The highest BCUT2D eigenvalue weighted by Gasteiger charge is 2.11. The predicted molar refractivity (Wildman–Crippen MR) is 75.9 cm³/mol. The van der Waals surface area contributed by atoms with Crippen LogP contribution in [0.1, 0.15) is 36.5 Å². The molecule has 6 heteroatoms. The number of benzene rings is 1. The van der Waals surface area contributed by atoms with Crippen molar-refractivity contribution < 1.29 is 23.8 Å². The molecule has 21 heavy (non-hydrogen) atoms. The zero-order valence-electron chi connectivity index (χ0n) is 12.2. The van der Waals surface area contributed by atoms with Gasteiger partial charge >= 0.3 is 5.97 Å². The van der Waals surface area contributed by atoms with Crippen LogP contribution in [-0.4, -0.2) is 30.6 Å². The third-order valence-electron chi connectivity index (χ3n) is 3.19. The lowest BCUT2D eigenvalue weighted by atomic mass is 10.0. The van der Waals surface area contributed by atoms with Crippen LogP contribution >= 0.6 is 0 Å². The van der Waals surface area contributed by atoms with Crippen LogP contribution in [0.15, 0.2) is 18.2 Å². The van der Waals surface area contributed by atoms with E-state index in [0.29, 0.717) is 19.4 Å². The normalized spacial score (nSPS) is 11.8. The number of hydrogen-bond donors (Lipinski definition) is 2. The van der Waals surface area contributed by atoms with Crippen molar-refractivity contribution in [3.8, 4) is 5.75 Å². The molecule has 1 aromatic rings. The fourth-order valence-electron chi connectivity index (χ4n) is 1.86. The first-order chi connectivity index (χ1) is 9.93. The molecule has 1 aromatic carbocycles. The Hall–Kier alpha value is -2.11. The van der Waals surface area contributed by atoms with Gasteiger partial charge in [0, 0.05) is 18.5 Å². The van der Waals surface area contributed by atoms with Gasteiger partial charge in [-0.1, -0.05) is 6.92 Å². The number of rotatable bonds is 8. The molecule has 5 nitrogen and oxygen atoms in total. The van der Waals surface area contributed by atoms with Gasteiger partial charge in [0.15, 0.2) is 11.6 Å². The van der Waals surface area contributed by atoms with Crippen molar-refractivity contribution in [3.05, 3.63) is 29.6 Å². The van der Waals surface area contributed by atoms with Crippen LogP contribution in [-0.2, 0) is 4.79 Å². The minimum absolute atomic E-state index is 0.0915. The lowest BCUT2D eigenvalue weighted by Gasteiger charge is -2.11. The zero-order chi connectivity index (χ0) is 15.8. The number of aliphatic carboxylic acids is 1. The van der Waals surface area contributed by atoms with Gasteiger partial charge in [0.1, 0.15) is 0 Å². The molecule has 1 atom stereocenters. The van der Waals surface area contributed by atoms with Crippen LogP contribution in [0.2, 0.25) is 0 Å². The standard InChI is InChI=1S/C15H20FNO4/c1-10(3-6-14(18)19)7-8-17-15(20)11-4-5-13(21-2)12(16)9-11/h4-5,9-10H,3,6-8H2,1-2H3,(H,17,20)(H,18,19). The Morgan fingerprint density at radius 3 is 2.67 bits per heavy atom. The maximum Gasteiger partial charge on any atom is 0.303 e. The average Bonchev–Trinajstić information content (AvgIpc) is 2.44. The fourth-order valence-corrected chi connectivity index (χ4v) is 1.86. The van der Waals surface area contributed by atoms with Crippen LogP contribution in [0, 0.1) is 11.7 Å². The molecular weight excluding hydrogens is 277 g/mol. The largest absolute Gasteiger partial charge is 0.494 e. The van der Waals surface area contributed by atoms with Gasteiger partial charge in [-0.3, -0.25) is 9.59 Å². The Kier molecular flexibility index (Phi) is 6.65. The molecule has 2 N–H and O–H groups in total. The zero-order valence-corrected chi connectivity index (χ0v) is 12.2. The van der Waals surface area contributed by atoms with Gasteiger partial charge in [-0.05, 0) is 37.0 Å². The van der Waals surface area contributed by atoms with E-state index in [1.54, 1.807) is 0 Å². The number of methoxy groups -OCH3 is 1. The van der Waals surface area contributed by atoms with Crippen molar-refractivity contribution in [1.82, 2.24) is 5.32 Å². The molecule has 0 aliphatic rings. The van der Waals surface area contributed by atoms with Crippen molar-refractivity contribution in [2.24, 2.45) is 5.92 Å². The van der Waals surface area contributed by atoms with Gasteiger partial charge in [0.2, 0.25) is 0 Å². The molecule has 0 aliphatic carbocycles. The van der Waals surface area contributed by atoms with Crippen LogP contribution in [0.3, 0.4) is 0 Å². The van der Waals surface area contributed by atoms with E-state index in [4.69, 9.17) is 9.84 Å². The minimum atomic E-state index is -0.820. The first-order valence-corrected chi connectivity index (χ1v) is 6.77. The number of ether oxygens (including phenoxy) is 1. The first kappa shape index (κ1) is 16.9. The summed E-state index contributed by atoms with van der Waals surface area (Å²) >= 11 is 0. The number of halogens is 1. The molecule has 1 amide bonds. The monoisotopic (exact) mass is 297 g/mol. The number of carboxylic acid groups (broad SMARTS) is 1. The number of carbonyl (C=O) groups excluding carboxylic acids is 1. The number of amides is 1. The summed E-state index contributed by atoms with van der Waals surface area (Å²) in [6.07, 6.45) is 1.37. The second-order valence-electron chi connectivity index (χ2n) is 4.93. The number of carbonyl (C=O) groups is 2. The van der Waals surface area contributed by atoms with Crippen LogP contribution < -0.4 is 10.1 Å². The summed E-state index contributed by atoms with van der Waals surface area (Å²) < 4.78 is 18.3. The van der Waals surface area contributed by atoms with E-state index < -0.39 is 11.8 Å². The lowest BCUT2D eigenvalue weighted by molar-refractivity contribution is -0.137. The van der Waals surface area contributed by atoms with E-state index in [2.05, 4.69) is 5.32 Å². The fraction of sp³-hybridized carbons (Fsp3) is 0.467. The molecule has 116 valence electrons. The maximum atomic E-state index is 13.5. The van der Waals surface area contributed by atoms with E-state index in [9.17, 15) is 14.0 Å². The Morgan fingerprint density at radius 2 is 2.10 bits per heavy atom. The highest BCUT2D eigenvalue weighted by molar-refractivity contribution is 5.94. The molecule has 0 heterocycles. The Labute approximate surface area is 123 Å². The molecule has 0 bridgehead atoms. The van der Waals surface area contributed by atoms with Crippen LogP contribution in [0.5, 0.6) is 5.75 Å². The molecular formula is C15H20FNO4. The SMILES string of the molecule is COc1ccc(C(=O)NCCC(C)CCC(=O)O)cc1F. The van der Waals surface area contributed by atoms with Crippen molar-refractivity contribution in [3.63, 3.8) is 0 Å². The summed E-state index contributed by atoms with van der Waals surface area (Å²) in [5.41, 5.74) is 0.228. The van der Waals surface area contributed by atoms with Crippen molar-refractivity contribution in [2.75, 3.05) is 13.7 Å². The Morgan fingerprint density at radius 1 is 1.38 bits per heavy atom. The number of nitrogens with one attached hydrogen (secondary N) is 1. The summed E-state index contributed by atoms with van der Waals surface area (Å²) in [4.78, 5) is 22.3. The van der Waals surface area contributed by atoms with Crippen molar-refractivity contribution in [1.29, 1.82) is 0 Å². The van der Waals surface area contributed by atoms with Gasteiger partial charge < -0.3 is 15.2 Å². The average molecular weight is 297 g/mol. The van der Waals surface area contributed by atoms with Gasteiger partial charge in [-0.25, -0.2) is 4.39 Å². The molecule has 0 saturated heterocycles. The van der Waals surface area contributed by atoms with E-state index in [1.165, 1.54) is 19.2 Å². The number of hydrogen-bond acceptors (Lipinski definition) is 3. The molecule has 0 aromatic heterocycles. The van der Waals surface area contributed by atoms with E-state index in [1.807, 2.05) is 6.92 Å². The predicted octanol–water partition coefficient (Wildman–Crippen LogP) is 2.46. The maximum absolute atomic E-state index is 13.5. The van der Waals surface area contributed by atoms with Crippen LogP contribution in [0.25, 0.3) is 0 Å². The van der Waals surface area contributed by atoms with Crippen molar-refractivity contribution >= 4 is 11.9 Å². The third kappa shape index (κ3) is 5.81. The van der Waals surface area contributed by atoms with Gasteiger partial charge in [-0.15, -0.1) is 0 Å². The quantitative estimate of drug-likeness (QED) is 0.773. The topological polar surface area (TPSA) is 75.6 Å². The Balaban J connectivity index is 2.40. The third-order valence-corrected chi connectivity index (χ3v) is 3.19. The highest BCUT2D eigenvalue weighted by Crippen LogP contribution is 2.17. The molecule has 0 spiro atoms. The summed E-state index contributed by atoms with van der Waals surface area (Å²) in [6.45, 7) is 2.36. The number of carboxylic acids is 1.